The Labute approximate surface area is 67.9 Å². The molecule has 1 rings (SSSR count). The summed E-state index contributed by atoms with van der Waals surface area (Å²) in [5.74, 6) is 3.52. The van der Waals surface area contributed by atoms with Gasteiger partial charge >= 0.3 is 0 Å². The average Bonchev–Trinajstić information content (AvgIpc) is 2.05. The Morgan fingerprint density at radius 3 is 2.27 bits per heavy atom. The van der Waals surface area contributed by atoms with Crippen molar-refractivity contribution in [3.63, 3.8) is 0 Å². The Morgan fingerprint density at radius 2 is 1.91 bits per heavy atom. The van der Waals surface area contributed by atoms with Crippen LogP contribution < -0.4 is 0 Å². The summed E-state index contributed by atoms with van der Waals surface area (Å²) in [7, 11) is 0. The molecule has 1 aliphatic heterocycles. The molecule has 0 bridgehead atoms. The molecular weight excluding hydrogens is 140 g/mol. The van der Waals surface area contributed by atoms with Crippen LogP contribution in [-0.4, -0.2) is 19.5 Å². The van der Waals surface area contributed by atoms with Gasteiger partial charge in [-0.2, -0.15) is 0 Å². The summed E-state index contributed by atoms with van der Waals surface area (Å²) >= 11 is 0. The van der Waals surface area contributed by atoms with Gasteiger partial charge in [-0.1, -0.05) is 13.8 Å². The standard InChI is InChI=1S/C9H14O2/c1-4-9-10-5-8(6-11-9)7(2)3/h1,7-9H,5-6H2,2-3H3. The van der Waals surface area contributed by atoms with Crippen molar-refractivity contribution in [3.05, 3.63) is 0 Å². The van der Waals surface area contributed by atoms with Crippen molar-refractivity contribution in [3.8, 4) is 12.3 Å². The van der Waals surface area contributed by atoms with Crippen molar-refractivity contribution in [2.75, 3.05) is 13.2 Å². The van der Waals surface area contributed by atoms with E-state index in [9.17, 15) is 0 Å². The highest BCUT2D eigenvalue weighted by Gasteiger charge is 2.22. The van der Waals surface area contributed by atoms with Gasteiger partial charge in [-0.25, -0.2) is 0 Å². The van der Waals surface area contributed by atoms with E-state index >= 15 is 0 Å². The van der Waals surface area contributed by atoms with Crippen molar-refractivity contribution in [1.82, 2.24) is 0 Å². The van der Waals surface area contributed by atoms with Gasteiger partial charge < -0.3 is 9.47 Å². The van der Waals surface area contributed by atoms with Crippen LogP contribution in [-0.2, 0) is 9.47 Å². The lowest BCUT2D eigenvalue weighted by Crippen LogP contribution is -2.33. The van der Waals surface area contributed by atoms with E-state index in [4.69, 9.17) is 15.9 Å². The van der Waals surface area contributed by atoms with E-state index in [1.807, 2.05) is 0 Å². The number of terminal acetylenes is 1. The van der Waals surface area contributed by atoms with E-state index in [-0.39, 0.29) is 0 Å². The number of hydrogen-bond acceptors (Lipinski definition) is 2. The van der Waals surface area contributed by atoms with E-state index in [0.717, 1.165) is 13.2 Å². The van der Waals surface area contributed by atoms with Crippen LogP contribution in [0.15, 0.2) is 0 Å². The lowest BCUT2D eigenvalue weighted by molar-refractivity contribution is -0.176. The molecule has 1 saturated heterocycles. The molecule has 11 heavy (non-hydrogen) atoms. The minimum Gasteiger partial charge on any atom is -0.342 e. The zero-order valence-electron chi connectivity index (χ0n) is 7.04. The maximum atomic E-state index is 5.24. The molecule has 0 aromatic heterocycles. The third-order valence-corrected chi connectivity index (χ3v) is 2.00. The van der Waals surface area contributed by atoms with Gasteiger partial charge in [-0.3, -0.25) is 0 Å². The SMILES string of the molecule is C#CC1OCC(C(C)C)CO1. The molecule has 1 aliphatic rings. The van der Waals surface area contributed by atoms with Crippen LogP contribution in [0.1, 0.15) is 13.8 Å². The van der Waals surface area contributed by atoms with Gasteiger partial charge in [-0.05, 0) is 11.8 Å². The fraction of sp³-hybridized carbons (Fsp3) is 0.778. The molecule has 0 aromatic rings. The Balaban J connectivity index is 2.31. The van der Waals surface area contributed by atoms with Gasteiger partial charge in [0.15, 0.2) is 0 Å². The largest absolute Gasteiger partial charge is 0.342 e. The summed E-state index contributed by atoms with van der Waals surface area (Å²) in [6.07, 6.45) is 4.71. The van der Waals surface area contributed by atoms with E-state index in [2.05, 4.69) is 19.8 Å². The second-order valence-corrected chi connectivity index (χ2v) is 3.17. The molecule has 2 heteroatoms. The molecule has 0 amide bonds. The average molecular weight is 154 g/mol. The normalized spacial score (nSPS) is 31.8. The minimum absolute atomic E-state index is 0.412. The van der Waals surface area contributed by atoms with Crippen LogP contribution in [0, 0.1) is 24.2 Å². The molecule has 0 N–H and O–H groups in total. The van der Waals surface area contributed by atoms with Crippen molar-refractivity contribution >= 4 is 0 Å². The predicted molar refractivity (Wildman–Crippen MR) is 42.9 cm³/mol. The highest BCUT2D eigenvalue weighted by molar-refractivity contribution is 4.90. The van der Waals surface area contributed by atoms with Gasteiger partial charge in [0.2, 0.25) is 6.29 Å². The first kappa shape index (κ1) is 8.58. The second-order valence-electron chi connectivity index (χ2n) is 3.17. The molecule has 1 fully saturated rings. The first-order valence-electron chi connectivity index (χ1n) is 3.93. The van der Waals surface area contributed by atoms with E-state index in [0.29, 0.717) is 11.8 Å². The third-order valence-electron chi connectivity index (χ3n) is 2.00. The van der Waals surface area contributed by atoms with Gasteiger partial charge in [0.1, 0.15) is 0 Å². The first-order chi connectivity index (χ1) is 5.24. The molecule has 0 saturated carbocycles. The molecule has 0 aliphatic carbocycles. The predicted octanol–water partition coefficient (Wildman–Crippen LogP) is 1.26. The van der Waals surface area contributed by atoms with Crippen molar-refractivity contribution in [1.29, 1.82) is 0 Å². The number of ether oxygens (including phenoxy) is 2. The van der Waals surface area contributed by atoms with E-state index in [1.165, 1.54) is 0 Å². The van der Waals surface area contributed by atoms with E-state index < -0.39 is 6.29 Å². The van der Waals surface area contributed by atoms with E-state index in [1.54, 1.807) is 0 Å². The van der Waals surface area contributed by atoms with Gasteiger partial charge in [0.25, 0.3) is 0 Å². The topological polar surface area (TPSA) is 18.5 Å². The third kappa shape index (κ3) is 2.21. The quantitative estimate of drug-likeness (QED) is 0.529. The summed E-state index contributed by atoms with van der Waals surface area (Å²) < 4.78 is 10.5. The Hall–Kier alpha value is -0.520. The van der Waals surface area contributed by atoms with Gasteiger partial charge in [-0.15, -0.1) is 6.42 Å². The Morgan fingerprint density at radius 1 is 1.36 bits per heavy atom. The number of hydrogen-bond donors (Lipinski definition) is 0. The lowest BCUT2D eigenvalue weighted by atomic mass is 9.97. The van der Waals surface area contributed by atoms with Crippen LogP contribution in [0.25, 0.3) is 0 Å². The fourth-order valence-corrected chi connectivity index (χ4v) is 0.999. The van der Waals surface area contributed by atoms with Gasteiger partial charge in [0.05, 0.1) is 13.2 Å². The summed E-state index contributed by atoms with van der Waals surface area (Å²) in [4.78, 5) is 0. The van der Waals surface area contributed by atoms with Crippen LogP contribution >= 0.6 is 0 Å². The zero-order chi connectivity index (χ0) is 8.27. The summed E-state index contributed by atoms with van der Waals surface area (Å²) in [5, 5.41) is 0. The number of rotatable bonds is 1. The van der Waals surface area contributed by atoms with Crippen LogP contribution in [0.4, 0.5) is 0 Å². The summed E-state index contributed by atoms with van der Waals surface area (Å²) in [6, 6.07) is 0. The molecule has 0 aromatic carbocycles. The Bertz CT molecular complexity index is 149. The molecule has 2 nitrogen and oxygen atoms in total. The monoisotopic (exact) mass is 154 g/mol. The molecule has 0 atom stereocenters. The first-order valence-corrected chi connectivity index (χ1v) is 3.93. The molecule has 0 unspecified atom stereocenters. The van der Waals surface area contributed by atoms with Crippen LogP contribution in [0.3, 0.4) is 0 Å². The van der Waals surface area contributed by atoms with Crippen LogP contribution in [0.2, 0.25) is 0 Å². The zero-order valence-corrected chi connectivity index (χ0v) is 7.04. The smallest absolute Gasteiger partial charge is 0.222 e. The van der Waals surface area contributed by atoms with Crippen molar-refractivity contribution in [2.24, 2.45) is 11.8 Å². The maximum absolute atomic E-state index is 5.24. The fourth-order valence-electron chi connectivity index (χ4n) is 0.999. The molecule has 1 heterocycles. The highest BCUT2D eigenvalue weighted by Crippen LogP contribution is 2.17. The Kier molecular flexibility index (Phi) is 2.92. The minimum atomic E-state index is -0.412. The van der Waals surface area contributed by atoms with Gasteiger partial charge in [0, 0.05) is 5.92 Å². The highest BCUT2D eigenvalue weighted by atomic mass is 16.7. The van der Waals surface area contributed by atoms with Crippen molar-refractivity contribution < 1.29 is 9.47 Å². The molecule has 0 radical (unpaired) electrons. The molecular formula is C9H14O2. The summed E-state index contributed by atoms with van der Waals surface area (Å²) in [6.45, 7) is 5.78. The summed E-state index contributed by atoms with van der Waals surface area (Å²) in [5.41, 5.74) is 0. The van der Waals surface area contributed by atoms with Crippen molar-refractivity contribution in [2.45, 2.75) is 20.1 Å². The molecule has 62 valence electrons. The van der Waals surface area contributed by atoms with Crippen LogP contribution in [0.5, 0.6) is 0 Å². The molecule has 0 spiro atoms. The lowest BCUT2D eigenvalue weighted by Gasteiger charge is -2.28. The second kappa shape index (κ2) is 3.75. The maximum Gasteiger partial charge on any atom is 0.222 e.